The highest BCUT2D eigenvalue weighted by molar-refractivity contribution is 6.00. The summed E-state index contributed by atoms with van der Waals surface area (Å²) >= 11 is 0. The highest BCUT2D eigenvalue weighted by Crippen LogP contribution is 2.21. The second-order valence-corrected chi connectivity index (χ2v) is 4.27. The van der Waals surface area contributed by atoms with E-state index in [0.29, 0.717) is 0 Å². The number of amides is 2. The van der Waals surface area contributed by atoms with E-state index in [4.69, 9.17) is 5.11 Å². The molecule has 6 nitrogen and oxygen atoms in total. The second kappa shape index (κ2) is 5.43. The lowest BCUT2D eigenvalue weighted by Crippen LogP contribution is -2.36. The van der Waals surface area contributed by atoms with Crippen molar-refractivity contribution in [2.75, 3.05) is 5.32 Å². The zero-order valence-corrected chi connectivity index (χ0v) is 10.1. The monoisotopic (exact) mass is 262 g/mol. The van der Waals surface area contributed by atoms with Gasteiger partial charge in [0.25, 0.3) is 0 Å². The standard InChI is InChI=1S/C13H14N2O4/c16-9-5-6-11(10(7-9)12(17)18)15-13(19)14-8-3-1-2-4-8/h1-2,5-8,16H,3-4H2,(H,17,18)(H2,14,15,19). The Morgan fingerprint density at radius 1 is 1.21 bits per heavy atom. The number of anilines is 1. The smallest absolute Gasteiger partial charge is 0.337 e. The molecular weight excluding hydrogens is 248 g/mol. The van der Waals surface area contributed by atoms with Crippen molar-refractivity contribution < 1.29 is 19.8 Å². The van der Waals surface area contributed by atoms with Gasteiger partial charge >= 0.3 is 12.0 Å². The van der Waals surface area contributed by atoms with Gasteiger partial charge in [-0.1, -0.05) is 12.2 Å². The summed E-state index contributed by atoms with van der Waals surface area (Å²) in [6, 6.07) is 3.35. The minimum Gasteiger partial charge on any atom is -0.508 e. The predicted octanol–water partition coefficient (Wildman–Crippen LogP) is 1.93. The maximum atomic E-state index is 11.7. The quantitative estimate of drug-likeness (QED) is 0.494. The van der Waals surface area contributed by atoms with Crippen LogP contribution >= 0.6 is 0 Å². The van der Waals surface area contributed by atoms with Crippen LogP contribution in [0.4, 0.5) is 10.5 Å². The van der Waals surface area contributed by atoms with Gasteiger partial charge in [-0.2, -0.15) is 0 Å². The number of hydrogen-bond acceptors (Lipinski definition) is 3. The lowest BCUT2D eigenvalue weighted by Gasteiger charge is -2.14. The van der Waals surface area contributed by atoms with E-state index in [1.807, 2.05) is 12.2 Å². The summed E-state index contributed by atoms with van der Waals surface area (Å²) in [4.78, 5) is 22.7. The van der Waals surface area contributed by atoms with Crippen LogP contribution in [0, 0.1) is 0 Å². The Hall–Kier alpha value is -2.50. The zero-order chi connectivity index (χ0) is 13.8. The summed E-state index contributed by atoms with van der Waals surface area (Å²) in [5, 5.41) is 23.5. The van der Waals surface area contributed by atoms with E-state index in [1.165, 1.54) is 12.1 Å². The minimum absolute atomic E-state index is 0.0467. The molecule has 2 rings (SSSR count). The van der Waals surface area contributed by atoms with Crippen LogP contribution in [-0.2, 0) is 0 Å². The molecule has 0 saturated heterocycles. The Kier molecular flexibility index (Phi) is 3.70. The molecule has 4 N–H and O–H groups in total. The molecule has 2 amide bonds. The van der Waals surface area contributed by atoms with Crippen LogP contribution in [-0.4, -0.2) is 28.3 Å². The van der Waals surface area contributed by atoms with Gasteiger partial charge in [0.1, 0.15) is 5.75 Å². The fourth-order valence-corrected chi connectivity index (χ4v) is 1.90. The van der Waals surface area contributed by atoms with Crippen molar-refractivity contribution in [3.05, 3.63) is 35.9 Å². The first kappa shape index (κ1) is 12.9. The Morgan fingerprint density at radius 3 is 2.53 bits per heavy atom. The topological polar surface area (TPSA) is 98.7 Å². The molecule has 1 aromatic carbocycles. The van der Waals surface area contributed by atoms with Gasteiger partial charge in [0.15, 0.2) is 0 Å². The van der Waals surface area contributed by atoms with Crippen LogP contribution < -0.4 is 10.6 Å². The summed E-state index contributed by atoms with van der Waals surface area (Å²) in [5.74, 6) is -1.38. The molecule has 1 aliphatic carbocycles. The summed E-state index contributed by atoms with van der Waals surface area (Å²) in [7, 11) is 0. The van der Waals surface area contributed by atoms with E-state index in [2.05, 4.69) is 10.6 Å². The molecule has 0 bridgehead atoms. The van der Waals surface area contributed by atoms with Crippen LogP contribution in [0.25, 0.3) is 0 Å². The molecule has 0 unspecified atom stereocenters. The van der Waals surface area contributed by atoms with Crippen molar-refractivity contribution in [3.8, 4) is 5.75 Å². The molecule has 100 valence electrons. The number of aromatic hydroxyl groups is 1. The van der Waals surface area contributed by atoms with E-state index >= 15 is 0 Å². The molecule has 6 heteroatoms. The number of phenols is 1. The van der Waals surface area contributed by atoms with E-state index in [0.717, 1.165) is 18.9 Å². The van der Waals surface area contributed by atoms with E-state index in [1.54, 1.807) is 0 Å². The largest absolute Gasteiger partial charge is 0.508 e. The van der Waals surface area contributed by atoms with Gasteiger partial charge in [-0.15, -0.1) is 0 Å². The van der Waals surface area contributed by atoms with Gasteiger partial charge in [0.05, 0.1) is 11.3 Å². The summed E-state index contributed by atoms with van der Waals surface area (Å²) in [6.45, 7) is 0. The molecular formula is C13H14N2O4. The van der Waals surface area contributed by atoms with Gasteiger partial charge in [-0.25, -0.2) is 9.59 Å². The molecule has 0 spiro atoms. The highest BCUT2D eigenvalue weighted by atomic mass is 16.4. The molecule has 0 aliphatic heterocycles. The fourth-order valence-electron chi connectivity index (χ4n) is 1.90. The van der Waals surface area contributed by atoms with Crippen molar-refractivity contribution in [1.29, 1.82) is 0 Å². The van der Waals surface area contributed by atoms with Crippen LogP contribution in [0.2, 0.25) is 0 Å². The Labute approximate surface area is 109 Å². The van der Waals surface area contributed by atoms with Gasteiger partial charge < -0.3 is 20.8 Å². The van der Waals surface area contributed by atoms with Crippen LogP contribution in [0.3, 0.4) is 0 Å². The van der Waals surface area contributed by atoms with Gasteiger partial charge in [-0.05, 0) is 31.0 Å². The molecule has 0 aromatic heterocycles. The van der Waals surface area contributed by atoms with Crippen molar-refractivity contribution in [2.24, 2.45) is 0 Å². The third-order valence-electron chi connectivity index (χ3n) is 2.82. The molecule has 0 fully saturated rings. The summed E-state index contributed by atoms with van der Waals surface area (Å²) in [5.41, 5.74) is -0.00606. The number of carbonyl (C=O) groups is 2. The van der Waals surface area contributed by atoms with Crippen molar-refractivity contribution in [3.63, 3.8) is 0 Å². The van der Waals surface area contributed by atoms with E-state index in [9.17, 15) is 14.7 Å². The SMILES string of the molecule is O=C(Nc1ccc(O)cc1C(=O)O)NC1CC=CC1. The number of hydrogen-bond donors (Lipinski definition) is 4. The Bertz CT molecular complexity index is 531. The van der Waals surface area contributed by atoms with Crippen molar-refractivity contribution in [2.45, 2.75) is 18.9 Å². The molecule has 19 heavy (non-hydrogen) atoms. The van der Waals surface area contributed by atoms with E-state index in [-0.39, 0.29) is 23.0 Å². The van der Waals surface area contributed by atoms with Crippen LogP contribution in [0.1, 0.15) is 23.2 Å². The number of carbonyl (C=O) groups excluding carboxylic acids is 1. The first-order chi connectivity index (χ1) is 9.06. The third-order valence-corrected chi connectivity index (χ3v) is 2.82. The minimum atomic E-state index is -1.21. The lowest BCUT2D eigenvalue weighted by atomic mass is 10.1. The predicted molar refractivity (Wildman–Crippen MR) is 69.4 cm³/mol. The second-order valence-electron chi connectivity index (χ2n) is 4.27. The Balaban J connectivity index is 2.05. The number of carboxylic acids is 1. The number of nitrogens with one attached hydrogen (secondary N) is 2. The van der Waals surface area contributed by atoms with Gasteiger partial charge in [-0.3, -0.25) is 0 Å². The maximum absolute atomic E-state index is 11.7. The first-order valence-corrected chi connectivity index (χ1v) is 5.85. The number of carboxylic acid groups (broad SMARTS) is 1. The van der Waals surface area contributed by atoms with E-state index < -0.39 is 12.0 Å². The molecule has 0 radical (unpaired) electrons. The molecule has 1 aromatic rings. The fraction of sp³-hybridized carbons (Fsp3) is 0.231. The van der Waals surface area contributed by atoms with Crippen LogP contribution in [0.15, 0.2) is 30.4 Å². The van der Waals surface area contributed by atoms with Gasteiger partial charge in [0, 0.05) is 6.04 Å². The molecule has 0 saturated carbocycles. The lowest BCUT2D eigenvalue weighted by molar-refractivity contribution is 0.0697. The van der Waals surface area contributed by atoms with Crippen LogP contribution in [0.5, 0.6) is 5.75 Å². The molecule has 1 aliphatic rings. The summed E-state index contributed by atoms with van der Waals surface area (Å²) in [6.07, 6.45) is 5.51. The number of aromatic carboxylic acids is 1. The highest BCUT2D eigenvalue weighted by Gasteiger charge is 2.16. The van der Waals surface area contributed by atoms with Gasteiger partial charge in [0.2, 0.25) is 0 Å². The summed E-state index contributed by atoms with van der Waals surface area (Å²) < 4.78 is 0. The first-order valence-electron chi connectivity index (χ1n) is 5.85. The normalized spacial score (nSPS) is 14.3. The number of benzene rings is 1. The third kappa shape index (κ3) is 3.25. The maximum Gasteiger partial charge on any atom is 0.337 e. The number of phenolic OH excluding ortho intramolecular Hbond substituents is 1. The number of rotatable bonds is 3. The number of urea groups is 1. The van der Waals surface area contributed by atoms with Crippen molar-refractivity contribution in [1.82, 2.24) is 5.32 Å². The zero-order valence-electron chi connectivity index (χ0n) is 10.1. The average Bonchev–Trinajstić information content (AvgIpc) is 2.83. The Morgan fingerprint density at radius 2 is 1.89 bits per heavy atom. The molecule has 0 heterocycles. The average molecular weight is 262 g/mol. The van der Waals surface area contributed by atoms with Crippen molar-refractivity contribution >= 4 is 17.7 Å². The molecule has 0 atom stereocenters.